The Hall–Kier alpha value is -1.92. The Labute approximate surface area is 104 Å². The summed E-state index contributed by atoms with van der Waals surface area (Å²) >= 11 is 0. The fourth-order valence-electron chi connectivity index (χ4n) is 1.80. The molecule has 2 atom stereocenters. The van der Waals surface area contributed by atoms with Crippen molar-refractivity contribution in [2.75, 3.05) is 0 Å². The zero-order valence-electron chi connectivity index (χ0n) is 9.52. The van der Waals surface area contributed by atoms with Crippen molar-refractivity contribution in [3.63, 3.8) is 0 Å². The zero-order chi connectivity index (χ0) is 14.3. The van der Waals surface area contributed by atoms with E-state index in [1.54, 1.807) is 0 Å². The number of hydrogen-bond acceptors (Lipinski definition) is 2. The minimum atomic E-state index is -2.25. The smallest absolute Gasteiger partial charge is 0.331 e. The van der Waals surface area contributed by atoms with Crippen LogP contribution in [-0.2, 0) is 9.53 Å². The van der Waals surface area contributed by atoms with E-state index in [9.17, 15) is 26.7 Å². The normalized spacial score (nSPS) is 22.5. The van der Waals surface area contributed by atoms with Gasteiger partial charge in [0.1, 0.15) is 6.10 Å². The topological polar surface area (TPSA) is 26.3 Å². The van der Waals surface area contributed by atoms with Crippen LogP contribution in [0, 0.1) is 35.0 Å². The first-order valence-electron chi connectivity index (χ1n) is 5.24. The molecule has 0 saturated carbocycles. The molecule has 0 aromatic heterocycles. The molecular weight excluding hydrogens is 271 g/mol. The standard InChI is InChI=1S/C12H7F5O2/c1-4-2-3-5(18)19-12(4)6-7(13)9(15)11(17)10(16)8(6)14/h2-4,12H,1H3/t4-,12-/m1/s1. The molecule has 0 bridgehead atoms. The molecule has 0 fully saturated rings. The van der Waals surface area contributed by atoms with Crippen molar-refractivity contribution in [2.24, 2.45) is 5.92 Å². The second-order valence-corrected chi connectivity index (χ2v) is 4.06. The van der Waals surface area contributed by atoms with Gasteiger partial charge in [-0.3, -0.25) is 0 Å². The SMILES string of the molecule is C[C@@H]1C=CC(=O)O[C@H]1c1c(F)c(F)c(F)c(F)c1F. The highest BCUT2D eigenvalue weighted by molar-refractivity contribution is 5.83. The fraction of sp³-hybridized carbons (Fsp3) is 0.250. The zero-order valence-corrected chi connectivity index (χ0v) is 9.52. The van der Waals surface area contributed by atoms with Gasteiger partial charge >= 0.3 is 5.97 Å². The molecule has 2 nitrogen and oxygen atoms in total. The first-order chi connectivity index (χ1) is 8.84. The van der Waals surface area contributed by atoms with Crippen molar-refractivity contribution >= 4 is 5.97 Å². The van der Waals surface area contributed by atoms with Gasteiger partial charge in [0, 0.05) is 12.0 Å². The van der Waals surface area contributed by atoms with Crippen LogP contribution in [0.1, 0.15) is 18.6 Å². The number of hydrogen-bond donors (Lipinski definition) is 0. The lowest BCUT2D eigenvalue weighted by Crippen LogP contribution is -2.23. The molecule has 0 spiro atoms. The number of carbonyl (C=O) groups is 1. The van der Waals surface area contributed by atoms with E-state index in [2.05, 4.69) is 4.74 Å². The average molecular weight is 278 g/mol. The molecule has 0 radical (unpaired) electrons. The second kappa shape index (κ2) is 4.64. The number of ether oxygens (including phenoxy) is 1. The Balaban J connectivity index is 2.63. The van der Waals surface area contributed by atoms with Crippen LogP contribution >= 0.6 is 0 Å². The van der Waals surface area contributed by atoms with Gasteiger partial charge in [-0.05, 0) is 0 Å². The van der Waals surface area contributed by atoms with Crippen molar-refractivity contribution in [1.82, 2.24) is 0 Å². The van der Waals surface area contributed by atoms with Crippen LogP contribution in [0.25, 0.3) is 0 Å². The van der Waals surface area contributed by atoms with Crippen LogP contribution in [-0.4, -0.2) is 5.97 Å². The van der Waals surface area contributed by atoms with Gasteiger partial charge in [-0.25, -0.2) is 26.7 Å². The molecule has 1 aromatic carbocycles. The van der Waals surface area contributed by atoms with Crippen molar-refractivity contribution in [3.05, 3.63) is 46.8 Å². The minimum absolute atomic E-state index is 0.717. The number of halogens is 5. The Morgan fingerprint density at radius 1 is 0.947 bits per heavy atom. The molecule has 0 aliphatic carbocycles. The summed E-state index contributed by atoms with van der Waals surface area (Å²) in [5.74, 6) is -12.0. The highest BCUT2D eigenvalue weighted by Crippen LogP contribution is 2.36. The van der Waals surface area contributed by atoms with E-state index in [-0.39, 0.29) is 0 Å². The van der Waals surface area contributed by atoms with Crippen LogP contribution in [0.5, 0.6) is 0 Å². The molecule has 1 heterocycles. The monoisotopic (exact) mass is 278 g/mol. The van der Waals surface area contributed by atoms with Crippen molar-refractivity contribution in [3.8, 4) is 0 Å². The van der Waals surface area contributed by atoms with Gasteiger partial charge in [0.2, 0.25) is 5.82 Å². The van der Waals surface area contributed by atoms with Gasteiger partial charge in [-0.1, -0.05) is 13.0 Å². The lowest BCUT2D eigenvalue weighted by atomic mass is 9.94. The largest absolute Gasteiger partial charge is 0.453 e. The molecule has 102 valence electrons. The predicted octanol–water partition coefficient (Wildman–Crippen LogP) is 3.17. The van der Waals surface area contributed by atoms with E-state index in [1.807, 2.05) is 0 Å². The van der Waals surface area contributed by atoms with E-state index in [4.69, 9.17) is 0 Å². The van der Waals surface area contributed by atoms with Crippen LogP contribution in [0.2, 0.25) is 0 Å². The predicted molar refractivity (Wildman–Crippen MR) is 53.4 cm³/mol. The maximum atomic E-state index is 13.6. The molecule has 7 heteroatoms. The van der Waals surface area contributed by atoms with E-state index in [1.165, 1.54) is 13.0 Å². The van der Waals surface area contributed by atoms with Crippen LogP contribution in [0.15, 0.2) is 12.2 Å². The third kappa shape index (κ3) is 2.09. The van der Waals surface area contributed by atoms with Gasteiger partial charge in [0.05, 0.1) is 5.56 Å². The van der Waals surface area contributed by atoms with E-state index in [0.717, 1.165) is 6.08 Å². The molecular formula is C12H7F5O2. The van der Waals surface area contributed by atoms with Crippen LogP contribution < -0.4 is 0 Å². The molecule has 0 amide bonds. The highest BCUT2D eigenvalue weighted by Gasteiger charge is 2.35. The summed E-state index contributed by atoms with van der Waals surface area (Å²) in [5, 5.41) is 0. The number of rotatable bonds is 1. The highest BCUT2D eigenvalue weighted by atomic mass is 19.2. The molecule has 2 rings (SSSR count). The summed E-state index contributed by atoms with van der Waals surface area (Å²) in [6.45, 7) is 1.42. The molecule has 1 aliphatic rings. The molecule has 0 saturated heterocycles. The molecule has 1 aliphatic heterocycles. The lowest BCUT2D eigenvalue weighted by molar-refractivity contribution is -0.147. The third-order valence-electron chi connectivity index (χ3n) is 2.78. The van der Waals surface area contributed by atoms with Gasteiger partial charge in [-0.2, -0.15) is 0 Å². The maximum Gasteiger partial charge on any atom is 0.331 e. The van der Waals surface area contributed by atoms with Crippen LogP contribution in [0.3, 0.4) is 0 Å². The Bertz CT molecular complexity index is 553. The van der Waals surface area contributed by atoms with Gasteiger partial charge < -0.3 is 4.74 Å². The minimum Gasteiger partial charge on any atom is -0.453 e. The van der Waals surface area contributed by atoms with Crippen molar-refractivity contribution in [1.29, 1.82) is 0 Å². The molecule has 19 heavy (non-hydrogen) atoms. The Morgan fingerprint density at radius 3 is 1.95 bits per heavy atom. The van der Waals surface area contributed by atoms with Crippen LogP contribution in [0.4, 0.5) is 22.0 Å². The number of benzene rings is 1. The summed E-state index contributed by atoms with van der Waals surface area (Å²) < 4.78 is 70.8. The number of esters is 1. The number of cyclic esters (lactones) is 1. The summed E-state index contributed by atoms with van der Waals surface area (Å²) in [6, 6.07) is 0. The Morgan fingerprint density at radius 2 is 1.42 bits per heavy atom. The third-order valence-corrected chi connectivity index (χ3v) is 2.78. The second-order valence-electron chi connectivity index (χ2n) is 4.06. The molecule has 1 aromatic rings. The molecule has 0 unspecified atom stereocenters. The van der Waals surface area contributed by atoms with Crippen molar-refractivity contribution in [2.45, 2.75) is 13.0 Å². The van der Waals surface area contributed by atoms with E-state index < -0.39 is 52.6 Å². The summed E-state index contributed by atoms with van der Waals surface area (Å²) in [6.07, 6.45) is 0.740. The summed E-state index contributed by atoms with van der Waals surface area (Å²) in [7, 11) is 0. The Kier molecular flexibility index (Phi) is 3.30. The van der Waals surface area contributed by atoms with Gasteiger partial charge in [0.25, 0.3) is 0 Å². The summed E-state index contributed by atoms with van der Waals surface area (Å²) in [5.41, 5.74) is -1.14. The molecule has 0 N–H and O–H groups in total. The first-order valence-corrected chi connectivity index (χ1v) is 5.24. The number of carbonyl (C=O) groups excluding carboxylic acids is 1. The van der Waals surface area contributed by atoms with E-state index in [0.29, 0.717) is 0 Å². The summed E-state index contributed by atoms with van der Waals surface area (Å²) in [4.78, 5) is 11.0. The van der Waals surface area contributed by atoms with Gasteiger partial charge in [-0.15, -0.1) is 0 Å². The quantitative estimate of drug-likeness (QED) is 0.341. The maximum absolute atomic E-state index is 13.6. The first kappa shape index (κ1) is 13.5. The average Bonchev–Trinajstić information content (AvgIpc) is 2.38. The van der Waals surface area contributed by atoms with Crippen molar-refractivity contribution < 1.29 is 31.5 Å². The van der Waals surface area contributed by atoms with Gasteiger partial charge in [0.15, 0.2) is 23.3 Å². The fourth-order valence-corrected chi connectivity index (χ4v) is 1.80. The lowest BCUT2D eigenvalue weighted by Gasteiger charge is -2.25. The van der Waals surface area contributed by atoms with E-state index >= 15 is 0 Å².